The number of nitrogens with zero attached hydrogens (tertiary/aromatic N) is 1. The fraction of sp³-hybridized carbons (Fsp3) is 0.200. The molecule has 0 aliphatic rings. The lowest BCUT2D eigenvalue weighted by atomic mass is 10.3. The third-order valence-electron chi connectivity index (χ3n) is 2.97. The van der Waals surface area contributed by atoms with Crippen molar-refractivity contribution in [2.45, 2.75) is 11.3 Å². The lowest BCUT2D eigenvalue weighted by Crippen LogP contribution is -2.32. The molecular weight excluding hydrogens is 293 g/mol. The minimum absolute atomic E-state index is 0.0192. The standard InChI is InChI=1S/C15H16FNO3S/c16-13-7-9-15(10-8-13)21(19,20)17(11-4-12-18)14-5-2-1-3-6-14/h1-3,5-10,18H,4,11-12H2. The van der Waals surface area contributed by atoms with Crippen LogP contribution in [0.5, 0.6) is 0 Å². The zero-order valence-electron chi connectivity index (χ0n) is 11.3. The van der Waals surface area contributed by atoms with E-state index in [1.54, 1.807) is 30.3 Å². The first-order chi connectivity index (χ1) is 10.1. The first-order valence-corrected chi connectivity index (χ1v) is 7.94. The van der Waals surface area contributed by atoms with Crippen molar-refractivity contribution in [3.8, 4) is 0 Å². The number of sulfonamides is 1. The summed E-state index contributed by atoms with van der Waals surface area (Å²) < 4.78 is 39.5. The highest BCUT2D eigenvalue weighted by molar-refractivity contribution is 7.92. The minimum atomic E-state index is -3.79. The quantitative estimate of drug-likeness (QED) is 0.891. The SMILES string of the molecule is O=S(=O)(c1ccc(F)cc1)N(CCCO)c1ccccc1. The van der Waals surface area contributed by atoms with Crippen LogP contribution in [0.4, 0.5) is 10.1 Å². The number of anilines is 1. The zero-order chi connectivity index (χ0) is 15.3. The fourth-order valence-electron chi connectivity index (χ4n) is 1.93. The summed E-state index contributed by atoms with van der Waals surface area (Å²) in [4.78, 5) is 0.0192. The van der Waals surface area contributed by atoms with E-state index in [9.17, 15) is 12.8 Å². The molecule has 0 aromatic heterocycles. The number of hydrogen-bond donors (Lipinski definition) is 1. The summed E-state index contributed by atoms with van der Waals surface area (Å²) in [5.41, 5.74) is 0.510. The van der Waals surface area contributed by atoms with E-state index in [4.69, 9.17) is 5.11 Å². The van der Waals surface area contributed by atoms with E-state index in [0.717, 1.165) is 12.1 Å². The monoisotopic (exact) mass is 309 g/mol. The second-order valence-corrected chi connectivity index (χ2v) is 6.31. The molecule has 2 aromatic carbocycles. The molecule has 21 heavy (non-hydrogen) atoms. The van der Waals surface area contributed by atoms with Crippen LogP contribution in [0.25, 0.3) is 0 Å². The summed E-state index contributed by atoms with van der Waals surface area (Å²) in [6, 6.07) is 13.3. The topological polar surface area (TPSA) is 57.6 Å². The van der Waals surface area contributed by atoms with E-state index < -0.39 is 15.8 Å². The second kappa shape index (κ2) is 6.69. The van der Waals surface area contributed by atoms with Crippen LogP contribution in [-0.4, -0.2) is 26.7 Å². The number of halogens is 1. The van der Waals surface area contributed by atoms with Crippen molar-refractivity contribution in [3.05, 3.63) is 60.4 Å². The molecule has 0 unspecified atom stereocenters. The molecule has 112 valence electrons. The van der Waals surface area contributed by atoms with Crippen molar-refractivity contribution < 1.29 is 17.9 Å². The maximum atomic E-state index is 13.0. The molecule has 6 heteroatoms. The molecule has 0 aliphatic heterocycles. The summed E-state index contributed by atoms with van der Waals surface area (Å²) in [5, 5.41) is 8.96. The van der Waals surface area contributed by atoms with Crippen LogP contribution >= 0.6 is 0 Å². The van der Waals surface area contributed by atoms with Crippen LogP contribution in [-0.2, 0) is 10.0 Å². The smallest absolute Gasteiger partial charge is 0.264 e. The van der Waals surface area contributed by atoms with E-state index in [1.165, 1.54) is 16.4 Å². The van der Waals surface area contributed by atoms with Gasteiger partial charge in [0.2, 0.25) is 0 Å². The highest BCUT2D eigenvalue weighted by Crippen LogP contribution is 2.23. The molecule has 0 radical (unpaired) electrons. The summed E-state index contributed by atoms with van der Waals surface area (Å²) in [6.45, 7) is 0.0441. The Balaban J connectivity index is 2.42. The van der Waals surface area contributed by atoms with Crippen molar-refractivity contribution in [2.24, 2.45) is 0 Å². The molecule has 0 bridgehead atoms. The summed E-state index contributed by atoms with van der Waals surface area (Å²) in [5.74, 6) is -0.490. The van der Waals surface area contributed by atoms with E-state index in [0.29, 0.717) is 12.1 Å². The second-order valence-electron chi connectivity index (χ2n) is 4.44. The Labute approximate surface area is 123 Å². The van der Waals surface area contributed by atoms with Gasteiger partial charge in [-0.25, -0.2) is 12.8 Å². The van der Waals surface area contributed by atoms with Crippen molar-refractivity contribution in [1.29, 1.82) is 0 Å². The first-order valence-electron chi connectivity index (χ1n) is 6.50. The predicted octanol–water partition coefficient (Wildman–Crippen LogP) is 2.40. The van der Waals surface area contributed by atoms with Gasteiger partial charge in [-0.2, -0.15) is 0 Å². The van der Waals surface area contributed by atoms with Crippen LogP contribution in [0.15, 0.2) is 59.5 Å². The Morgan fingerprint density at radius 2 is 1.62 bits per heavy atom. The molecule has 0 spiro atoms. The lowest BCUT2D eigenvalue weighted by Gasteiger charge is -2.24. The summed E-state index contributed by atoms with van der Waals surface area (Å²) in [7, 11) is -3.79. The Kier molecular flexibility index (Phi) is 4.93. The van der Waals surface area contributed by atoms with Gasteiger partial charge < -0.3 is 5.11 Å². The number of aliphatic hydroxyl groups excluding tert-OH is 1. The molecule has 0 saturated carbocycles. The Morgan fingerprint density at radius 3 is 2.19 bits per heavy atom. The summed E-state index contributed by atoms with van der Waals surface area (Å²) in [6.07, 6.45) is 0.315. The minimum Gasteiger partial charge on any atom is -0.396 e. The highest BCUT2D eigenvalue weighted by Gasteiger charge is 2.24. The molecule has 0 fully saturated rings. The molecular formula is C15H16FNO3S. The van der Waals surface area contributed by atoms with Crippen molar-refractivity contribution in [3.63, 3.8) is 0 Å². The molecule has 0 aliphatic carbocycles. The van der Waals surface area contributed by atoms with Gasteiger partial charge in [-0.05, 0) is 42.8 Å². The van der Waals surface area contributed by atoms with E-state index in [-0.39, 0.29) is 18.0 Å². The molecule has 2 rings (SSSR count). The number of benzene rings is 2. The van der Waals surface area contributed by atoms with Gasteiger partial charge in [0.15, 0.2) is 0 Å². The van der Waals surface area contributed by atoms with E-state index in [2.05, 4.69) is 0 Å². The van der Waals surface area contributed by atoms with Crippen LogP contribution < -0.4 is 4.31 Å². The fourth-order valence-corrected chi connectivity index (χ4v) is 3.43. The first kappa shape index (κ1) is 15.5. The van der Waals surface area contributed by atoms with Gasteiger partial charge in [-0.15, -0.1) is 0 Å². The molecule has 2 aromatic rings. The molecule has 0 heterocycles. The largest absolute Gasteiger partial charge is 0.396 e. The van der Waals surface area contributed by atoms with Crippen LogP contribution in [0.2, 0.25) is 0 Å². The van der Waals surface area contributed by atoms with Crippen molar-refractivity contribution in [2.75, 3.05) is 17.5 Å². The molecule has 0 atom stereocenters. The Hall–Kier alpha value is -1.92. The zero-order valence-corrected chi connectivity index (χ0v) is 12.1. The normalized spacial score (nSPS) is 11.3. The van der Waals surface area contributed by atoms with Crippen LogP contribution in [0.1, 0.15) is 6.42 Å². The Bertz CT molecular complexity index is 672. The Morgan fingerprint density at radius 1 is 1.00 bits per heavy atom. The van der Waals surface area contributed by atoms with E-state index in [1.807, 2.05) is 0 Å². The molecule has 4 nitrogen and oxygen atoms in total. The maximum absolute atomic E-state index is 13.0. The van der Waals surface area contributed by atoms with Gasteiger partial charge in [0.25, 0.3) is 10.0 Å². The number of rotatable bonds is 6. The van der Waals surface area contributed by atoms with Gasteiger partial charge in [0, 0.05) is 13.2 Å². The third kappa shape index (κ3) is 3.59. The molecule has 0 amide bonds. The number of para-hydroxylation sites is 1. The predicted molar refractivity (Wildman–Crippen MR) is 79.1 cm³/mol. The number of aliphatic hydroxyl groups is 1. The van der Waals surface area contributed by atoms with Gasteiger partial charge in [-0.3, -0.25) is 4.31 Å². The van der Waals surface area contributed by atoms with Crippen molar-refractivity contribution in [1.82, 2.24) is 0 Å². The van der Waals surface area contributed by atoms with Crippen molar-refractivity contribution >= 4 is 15.7 Å². The van der Waals surface area contributed by atoms with E-state index >= 15 is 0 Å². The maximum Gasteiger partial charge on any atom is 0.264 e. The van der Waals surface area contributed by atoms with Gasteiger partial charge in [0.05, 0.1) is 10.6 Å². The average molecular weight is 309 g/mol. The highest BCUT2D eigenvalue weighted by atomic mass is 32.2. The molecule has 1 N–H and O–H groups in total. The van der Waals surface area contributed by atoms with Gasteiger partial charge >= 0.3 is 0 Å². The average Bonchev–Trinajstić information content (AvgIpc) is 2.49. The molecule has 0 saturated heterocycles. The van der Waals surface area contributed by atoms with Crippen LogP contribution in [0, 0.1) is 5.82 Å². The van der Waals surface area contributed by atoms with Gasteiger partial charge in [-0.1, -0.05) is 18.2 Å². The lowest BCUT2D eigenvalue weighted by molar-refractivity contribution is 0.291. The van der Waals surface area contributed by atoms with Crippen LogP contribution in [0.3, 0.4) is 0 Å². The van der Waals surface area contributed by atoms with Gasteiger partial charge in [0.1, 0.15) is 5.82 Å². The number of hydrogen-bond acceptors (Lipinski definition) is 3. The third-order valence-corrected chi connectivity index (χ3v) is 4.81. The summed E-state index contributed by atoms with van der Waals surface area (Å²) >= 11 is 0.